The van der Waals surface area contributed by atoms with E-state index in [4.69, 9.17) is 9.47 Å². The van der Waals surface area contributed by atoms with Gasteiger partial charge in [-0.3, -0.25) is 0 Å². The summed E-state index contributed by atoms with van der Waals surface area (Å²) in [5, 5.41) is 3.66. The molecular weight excluding hydrogens is 262 g/mol. The molecule has 1 fully saturated rings. The first kappa shape index (κ1) is 16.3. The van der Waals surface area contributed by atoms with E-state index in [1.807, 2.05) is 12.1 Å². The Kier molecular flexibility index (Phi) is 6.52. The number of rotatable bonds is 10. The van der Waals surface area contributed by atoms with Crippen molar-refractivity contribution in [2.45, 2.75) is 51.7 Å². The molecule has 1 saturated carbocycles. The van der Waals surface area contributed by atoms with E-state index in [1.54, 1.807) is 7.11 Å². The minimum absolute atomic E-state index is 0.322. The average molecular weight is 291 g/mol. The van der Waals surface area contributed by atoms with Crippen LogP contribution in [0.15, 0.2) is 24.3 Å². The van der Waals surface area contributed by atoms with Crippen LogP contribution in [0.25, 0.3) is 0 Å². The highest BCUT2D eigenvalue weighted by Gasteiger charge is 2.22. The molecule has 3 heteroatoms. The molecule has 0 saturated heterocycles. The van der Waals surface area contributed by atoms with Crippen LogP contribution in [0.2, 0.25) is 0 Å². The Hall–Kier alpha value is -1.06. The quantitative estimate of drug-likeness (QED) is 0.716. The molecule has 2 rings (SSSR count). The summed E-state index contributed by atoms with van der Waals surface area (Å²) in [5.41, 5.74) is 1.38. The molecule has 1 N–H and O–H groups in total. The lowest BCUT2D eigenvalue weighted by molar-refractivity contribution is 0.0682. The highest BCUT2D eigenvalue weighted by molar-refractivity contribution is 5.27. The van der Waals surface area contributed by atoms with Gasteiger partial charge < -0.3 is 14.8 Å². The van der Waals surface area contributed by atoms with Crippen molar-refractivity contribution >= 4 is 0 Å². The Morgan fingerprint density at radius 3 is 2.48 bits per heavy atom. The van der Waals surface area contributed by atoms with Gasteiger partial charge in [-0.1, -0.05) is 12.1 Å². The van der Waals surface area contributed by atoms with E-state index in [0.29, 0.717) is 12.0 Å². The summed E-state index contributed by atoms with van der Waals surface area (Å²) in [4.78, 5) is 0. The molecule has 0 heterocycles. The third kappa shape index (κ3) is 6.49. The molecule has 21 heavy (non-hydrogen) atoms. The van der Waals surface area contributed by atoms with Gasteiger partial charge in [-0.2, -0.15) is 0 Å². The normalized spacial score (nSPS) is 16.2. The van der Waals surface area contributed by atoms with E-state index in [1.165, 1.54) is 18.4 Å². The summed E-state index contributed by atoms with van der Waals surface area (Å²) in [7, 11) is 1.71. The molecule has 0 radical (unpaired) electrons. The van der Waals surface area contributed by atoms with Gasteiger partial charge in [0.2, 0.25) is 0 Å². The van der Waals surface area contributed by atoms with E-state index >= 15 is 0 Å². The van der Waals surface area contributed by atoms with Crippen LogP contribution in [0.5, 0.6) is 5.75 Å². The molecule has 0 bridgehead atoms. The van der Waals surface area contributed by atoms with Crippen LogP contribution >= 0.6 is 0 Å². The van der Waals surface area contributed by atoms with Crippen molar-refractivity contribution in [3.05, 3.63) is 29.8 Å². The highest BCUT2D eigenvalue weighted by Crippen LogP contribution is 2.21. The molecule has 118 valence electrons. The van der Waals surface area contributed by atoms with Crippen molar-refractivity contribution < 1.29 is 9.47 Å². The van der Waals surface area contributed by atoms with Gasteiger partial charge in [0.15, 0.2) is 0 Å². The fraction of sp³-hybridized carbons (Fsp3) is 0.667. The zero-order valence-corrected chi connectivity index (χ0v) is 13.6. The monoisotopic (exact) mass is 291 g/mol. The predicted molar refractivity (Wildman–Crippen MR) is 86.9 cm³/mol. The second-order valence-corrected chi connectivity index (χ2v) is 6.31. The number of methoxy groups -OCH3 is 1. The third-order valence-electron chi connectivity index (χ3n) is 3.93. The summed E-state index contributed by atoms with van der Waals surface area (Å²) in [6.45, 7) is 6.14. The fourth-order valence-electron chi connectivity index (χ4n) is 2.46. The minimum Gasteiger partial charge on any atom is -0.497 e. The van der Waals surface area contributed by atoms with Crippen molar-refractivity contribution in [2.75, 3.05) is 20.3 Å². The maximum Gasteiger partial charge on any atom is 0.118 e. The molecule has 0 spiro atoms. The van der Waals surface area contributed by atoms with E-state index in [-0.39, 0.29) is 0 Å². The topological polar surface area (TPSA) is 30.5 Å². The van der Waals surface area contributed by atoms with Crippen LogP contribution in [-0.2, 0) is 11.2 Å². The van der Waals surface area contributed by atoms with Gasteiger partial charge in [-0.25, -0.2) is 0 Å². The Balaban J connectivity index is 1.82. The highest BCUT2D eigenvalue weighted by atomic mass is 16.5. The lowest BCUT2D eigenvalue weighted by Crippen LogP contribution is -2.27. The van der Waals surface area contributed by atoms with Crippen molar-refractivity contribution in [3.63, 3.8) is 0 Å². The first-order chi connectivity index (χ1) is 10.2. The molecule has 0 aromatic heterocycles. The van der Waals surface area contributed by atoms with E-state index in [0.717, 1.165) is 37.8 Å². The fourth-order valence-corrected chi connectivity index (χ4v) is 2.46. The molecule has 1 atom stereocenters. The average Bonchev–Trinajstić information content (AvgIpc) is 3.29. The summed E-state index contributed by atoms with van der Waals surface area (Å²) in [6, 6.07) is 9.21. The summed E-state index contributed by atoms with van der Waals surface area (Å²) in [6.07, 6.45) is 5.23. The van der Waals surface area contributed by atoms with Crippen molar-refractivity contribution in [2.24, 2.45) is 5.92 Å². The van der Waals surface area contributed by atoms with Gasteiger partial charge in [-0.15, -0.1) is 0 Å². The summed E-state index contributed by atoms with van der Waals surface area (Å²) in [5.74, 6) is 1.56. The third-order valence-corrected chi connectivity index (χ3v) is 3.93. The number of benzene rings is 1. The summed E-state index contributed by atoms with van der Waals surface area (Å²) < 4.78 is 10.9. The molecule has 1 aromatic rings. The maximum atomic E-state index is 5.72. The van der Waals surface area contributed by atoms with Gasteiger partial charge in [0, 0.05) is 12.6 Å². The second-order valence-electron chi connectivity index (χ2n) is 6.31. The van der Waals surface area contributed by atoms with Gasteiger partial charge in [0.05, 0.1) is 13.2 Å². The molecular formula is C18H29NO2. The van der Waals surface area contributed by atoms with Crippen LogP contribution in [-0.4, -0.2) is 32.4 Å². The number of hydrogen-bond acceptors (Lipinski definition) is 3. The lowest BCUT2D eigenvalue weighted by Gasteiger charge is -2.19. The zero-order chi connectivity index (χ0) is 15.1. The Morgan fingerprint density at radius 1 is 1.19 bits per heavy atom. The second kappa shape index (κ2) is 8.40. The molecule has 1 aromatic carbocycles. The molecule has 1 aliphatic carbocycles. The molecule has 0 amide bonds. The van der Waals surface area contributed by atoms with Crippen molar-refractivity contribution in [3.8, 4) is 5.75 Å². The van der Waals surface area contributed by atoms with Gasteiger partial charge in [0.25, 0.3) is 0 Å². The van der Waals surface area contributed by atoms with Gasteiger partial charge in [-0.05, 0) is 69.7 Å². The zero-order valence-electron chi connectivity index (χ0n) is 13.6. The Morgan fingerprint density at radius 2 is 1.90 bits per heavy atom. The number of ether oxygens (including phenoxy) is 2. The van der Waals surface area contributed by atoms with E-state index < -0.39 is 0 Å². The van der Waals surface area contributed by atoms with Gasteiger partial charge >= 0.3 is 0 Å². The first-order valence-electron chi connectivity index (χ1n) is 8.15. The Labute approximate surface area is 129 Å². The lowest BCUT2D eigenvalue weighted by atomic mass is 9.96. The standard InChI is InChI=1S/C18H29NO2/c1-14(2)21-11-10-16(13-19-17-6-7-17)12-15-4-8-18(20-3)9-5-15/h4-5,8-9,14,16-17,19H,6-7,10-13H2,1-3H3. The van der Waals surface area contributed by atoms with Crippen molar-refractivity contribution in [1.82, 2.24) is 5.32 Å². The molecule has 1 aliphatic rings. The van der Waals surface area contributed by atoms with Crippen LogP contribution in [0.1, 0.15) is 38.7 Å². The minimum atomic E-state index is 0.322. The number of hydrogen-bond donors (Lipinski definition) is 1. The van der Waals surface area contributed by atoms with Crippen LogP contribution in [0.3, 0.4) is 0 Å². The largest absolute Gasteiger partial charge is 0.497 e. The summed E-state index contributed by atoms with van der Waals surface area (Å²) >= 11 is 0. The van der Waals surface area contributed by atoms with E-state index in [2.05, 4.69) is 31.3 Å². The molecule has 1 unspecified atom stereocenters. The SMILES string of the molecule is COc1ccc(CC(CCOC(C)C)CNC2CC2)cc1. The maximum absolute atomic E-state index is 5.72. The molecule has 0 aliphatic heterocycles. The first-order valence-corrected chi connectivity index (χ1v) is 8.15. The van der Waals surface area contributed by atoms with Crippen molar-refractivity contribution in [1.29, 1.82) is 0 Å². The number of nitrogens with one attached hydrogen (secondary N) is 1. The van der Waals surface area contributed by atoms with Crippen LogP contribution < -0.4 is 10.1 Å². The van der Waals surface area contributed by atoms with Crippen LogP contribution in [0, 0.1) is 5.92 Å². The smallest absolute Gasteiger partial charge is 0.118 e. The van der Waals surface area contributed by atoms with Crippen LogP contribution in [0.4, 0.5) is 0 Å². The van der Waals surface area contributed by atoms with E-state index in [9.17, 15) is 0 Å². The molecule has 3 nitrogen and oxygen atoms in total. The van der Waals surface area contributed by atoms with Gasteiger partial charge in [0.1, 0.15) is 5.75 Å². The predicted octanol–water partition coefficient (Wildman–Crippen LogP) is 3.42. The Bertz CT molecular complexity index is 398.